The summed E-state index contributed by atoms with van der Waals surface area (Å²) in [6, 6.07) is 0. The molecule has 0 N–H and O–H groups in total. The second-order valence-corrected chi connectivity index (χ2v) is 43.1. The smallest absolute Gasteiger partial charge is 0.499 e. The maximum atomic E-state index is 13.6. The van der Waals surface area contributed by atoms with Crippen molar-refractivity contribution in [3.8, 4) is 0 Å². The maximum Gasteiger partial charge on any atom is 0.499 e. The number of piperidine rings is 1. The molecule has 2 saturated heterocycles. The zero-order chi connectivity index (χ0) is 87.3. The lowest BCUT2D eigenvalue weighted by atomic mass is 9.49. The molecule has 0 spiro atoms. The predicted molar refractivity (Wildman–Crippen MR) is 346 cm³/mol. The van der Waals surface area contributed by atoms with Crippen LogP contribution in [0.25, 0.3) is 0 Å². The molecule has 15 aliphatic rings. The first-order chi connectivity index (χ1) is 52.6. The zero-order valence-corrected chi connectivity index (χ0v) is 65.9. The SMILES string of the molecule is O=C(CCC(F)(F)C(F)(F)S(=O)(=O)[O-])OC1C2CCC(C2)C1OC(=O)C1CCCCC1.O=C(CS(=O)(=O)[O-])OC1C2CC3C1OS(=O)(=O)C3C2.O=C(OC(F)(F)S(=O)(=O)[O-])C12CC3CC(CC(C3)C1)C2.O=C1C2CC3CC1CC(C(=O)OC(C(F)(F)F)C(F)(F)S(=O)(=O)[O-])(C3)C2.O=S(=O)([O-])C(F)(F)CC(F)(F)S(=O)(=O)N1CCCCC1. The van der Waals surface area contributed by atoms with E-state index in [9.17, 15) is 176 Å². The van der Waals surface area contributed by atoms with E-state index >= 15 is 0 Å². The van der Waals surface area contributed by atoms with Crippen molar-refractivity contribution in [1.82, 2.24) is 4.31 Å². The summed E-state index contributed by atoms with van der Waals surface area (Å²) >= 11 is 0. The maximum absolute atomic E-state index is 13.6. The van der Waals surface area contributed by atoms with Gasteiger partial charge in [0.05, 0.1) is 28.4 Å². The molecule has 116 heavy (non-hydrogen) atoms. The van der Waals surface area contributed by atoms with E-state index in [1.807, 2.05) is 0 Å². The largest absolute Gasteiger partial charge is 0.748 e. The van der Waals surface area contributed by atoms with Gasteiger partial charge in [0.15, 0.2) is 30.4 Å². The van der Waals surface area contributed by atoms with Crippen LogP contribution in [0.2, 0.25) is 0 Å². The first kappa shape index (κ1) is 95.2. The molecule has 2 aliphatic heterocycles. The van der Waals surface area contributed by atoms with Crippen molar-refractivity contribution in [3.05, 3.63) is 0 Å². The molecule has 12 atom stereocenters. The van der Waals surface area contributed by atoms with Crippen molar-refractivity contribution in [2.75, 3.05) is 18.8 Å². The average Bonchev–Trinajstić information content (AvgIpc) is 1.50. The number of carbonyl (C=O) groups excluding carboxylic acids is 6. The van der Waals surface area contributed by atoms with Gasteiger partial charge in [-0.2, -0.15) is 78.6 Å². The van der Waals surface area contributed by atoms with E-state index in [0.717, 1.165) is 57.8 Å². The number of fused-ring (bicyclic) bond motifs is 3. The Hall–Kier alpha value is -4.66. The number of sulfonamides is 1. The topological polar surface area (TPSA) is 515 Å². The predicted octanol–water partition coefficient (Wildman–Crippen LogP) is 6.71. The molecular formula is C62H77F15NO31S7-5. The molecule has 13 saturated carbocycles. The average molecular weight is 1840 g/mol. The summed E-state index contributed by atoms with van der Waals surface area (Å²) in [6.07, 6.45) is -5.56. The molecule has 668 valence electrons. The summed E-state index contributed by atoms with van der Waals surface area (Å²) in [5, 5.41) is -22.6. The van der Waals surface area contributed by atoms with Gasteiger partial charge in [-0.3, -0.25) is 33.0 Å². The zero-order valence-electron chi connectivity index (χ0n) is 60.2. The summed E-state index contributed by atoms with van der Waals surface area (Å²) in [5.74, 6) is -13.1. The molecule has 0 aromatic carbocycles. The van der Waals surface area contributed by atoms with Crippen LogP contribution in [0, 0.1) is 75.9 Å². The number of Topliss-reactive ketones (excluding diaryl/α,β-unsaturated/α-hetero) is 1. The van der Waals surface area contributed by atoms with Gasteiger partial charge in [0.25, 0.3) is 26.2 Å². The number of alkyl halides is 15. The lowest BCUT2D eigenvalue weighted by Gasteiger charge is -2.55. The van der Waals surface area contributed by atoms with Crippen molar-refractivity contribution in [3.63, 3.8) is 0 Å². The fourth-order valence-corrected chi connectivity index (χ4v) is 24.5. The molecule has 15 fully saturated rings. The lowest BCUT2D eigenvalue weighted by molar-refractivity contribution is -0.265. The van der Waals surface area contributed by atoms with Crippen molar-refractivity contribution in [1.29, 1.82) is 0 Å². The molecule has 0 aromatic rings. The highest BCUT2D eigenvalue weighted by molar-refractivity contribution is 7.90. The molecular weight excluding hydrogens is 1760 g/mol. The Morgan fingerprint density at radius 2 is 0.991 bits per heavy atom. The highest BCUT2D eigenvalue weighted by atomic mass is 32.2. The normalized spacial score (nSPS) is 33.2. The Kier molecular flexibility index (Phi) is 27.2. The summed E-state index contributed by atoms with van der Waals surface area (Å²) in [5.41, 5.74) is -7.52. The van der Waals surface area contributed by atoms with Gasteiger partial charge in [-0.05, 0) is 152 Å². The van der Waals surface area contributed by atoms with E-state index in [1.54, 1.807) is 0 Å². The van der Waals surface area contributed by atoms with Gasteiger partial charge in [-0.15, -0.1) is 0 Å². The molecule has 0 aromatic heterocycles. The fraction of sp³-hybridized carbons (Fsp3) is 0.903. The number of esters is 5. The molecule has 2 heterocycles. The quantitative estimate of drug-likeness (QED) is 0.0337. The minimum absolute atomic E-state index is 0.0216. The summed E-state index contributed by atoms with van der Waals surface area (Å²) < 4.78 is 430. The van der Waals surface area contributed by atoms with Gasteiger partial charge >= 0.3 is 68.4 Å². The Morgan fingerprint density at radius 1 is 0.517 bits per heavy atom. The first-order valence-electron chi connectivity index (χ1n) is 36.2. The second kappa shape index (κ2) is 33.2. The number of halogens is 15. The van der Waals surface area contributed by atoms with Crippen LogP contribution in [-0.4, -0.2) is 215 Å². The van der Waals surface area contributed by atoms with Crippen molar-refractivity contribution in [2.24, 2.45) is 75.9 Å². The van der Waals surface area contributed by atoms with Crippen LogP contribution in [0.1, 0.15) is 173 Å². The second-order valence-electron chi connectivity index (χ2n) is 32.1. The van der Waals surface area contributed by atoms with E-state index in [1.165, 1.54) is 0 Å². The summed E-state index contributed by atoms with van der Waals surface area (Å²) in [6.45, 7) is -0.513. The highest BCUT2D eigenvalue weighted by Gasteiger charge is 2.69. The van der Waals surface area contributed by atoms with Gasteiger partial charge < -0.3 is 46.4 Å². The summed E-state index contributed by atoms with van der Waals surface area (Å²) in [4.78, 5) is 72.3. The number of nitrogens with zero attached hydrogens (tertiary/aromatic N) is 1. The minimum Gasteiger partial charge on any atom is -0.748 e. The van der Waals surface area contributed by atoms with Gasteiger partial charge in [-0.25, -0.2) is 50.5 Å². The lowest BCUT2D eigenvalue weighted by Crippen LogP contribution is -2.58. The van der Waals surface area contributed by atoms with E-state index in [2.05, 4.69) is 9.47 Å². The monoisotopic (exact) mass is 1840 g/mol. The molecule has 32 nitrogen and oxygen atoms in total. The standard InChI is InChI=1S/C19H26F4O7S.C14H15F5O6S.C12H16F2O5S.C9H12O8S2.C8H13F4NO5S2/c20-18(21,19(22,23)31(26,27)28)9-8-14(24)29-15-12-6-7-13(10-12)16(15)30-17(25)11-4-2-1-3-5-11;15-13(16,17)10(14(18,19)26(22,23)24)25-11(21)12-3-6-1-7(4-12)9(20)8(2-6)5-12;13-12(14,20(16,17)18)19-10(15)11-4-7-1-8(5-11)3-9(2-7)6-11;10-7(3-18(11,12)13)16-8-4-1-5-6(2-4)19(14,15)17-9(5)8;9-7(10,6-8(11,12)20(16,17)18)19(14,15)13-4-2-1-3-5-13/h11-13,15-16H,1-10H2,(H,26,27,28);6-8,10H,1-5H2,(H,22,23,24);7-9H,1-6H2,(H,16,17,18);4-6,8-9H,1-3H2,(H,11,12,13);1-6H2,(H,16,17,18)/p-5. The Balaban J connectivity index is 0.000000168. The molecule has 0 radical (unpaired) electrons. The van der Waals surface area contributed by atoms with Crippen LogP contribution in [0.3, 0.4) is 0 Å². The highest BCUT2D eigenvalue weighted by Crippen LogP contribution is 2.63. The molecule has 12 bridgehead atoms. The van der Waals surface area contributed by atoms with E-state index in [4.69, 9.17) is 18.4 Å². The van der Waals surface area contributed by atoms with Crippen molar-refractivity contribution in [2.45, 2.75) is 248 Å². The molecule has 12 unspecified atom stereocenters. The number of hydrogen-bond acceptors (Lipinski definition) is 31. The third-order valence-corrected chi connectivity index (χ3v) is 31.6. The van der Waals surface area contributed by atoms with Crippen LogP contribution < -0.4 is 0 Å². The first-order valence-corrected chi connectivity index (χ1v) is 46.3. The van der Waals surface area contributed by atoms with Crippen molar-refractivity contribution < 1.29 is 204 Å². The van der Waals surface area contributed by atoms with E-state index in [-0.39, 0.29) is 79.6 Å². The van der Waals surface area contributed by atoms with Gasteiger partial charge in [0.1, 0.15) is 52.5 Å². The minimum atomic E-state index is -6.73. The molecule has 15 rings (SSSR count). The van der Waals surface area contributed by atoms with Crippen LogP contribution in [0.4, 0.5) is 65.9 Å². The third-order valence-electron chi connectivity index (χ3n) is 24.0. The van der Waals surface area contributed by atoms with Gasteiger partial charge in [0, 0.05) is 55.0 Å². The van der Waals surface area contributed by atoms with Gasteiger partial charge in [0.2, 0.25) is 10.1 Å². The van der Waals surface area contributed by atoms with Crippen LogP contribution >= 0.6 is 0 Å². The molecule has 13 aliphatic carbocycles. The number of hydrogen-bond donors (Lipinski definition) is 0. The number of ketones is 1. The fourth-order valence-electron chi connectivity index (χ4n) is 19.3. The number of carbonyl (C=O) groups is 6. The molecule has 0 amide bonds. The number of ether oxygens (including phenoxy) is 5. The number of rotatable bonds is 23. The Bertz CT molecular complexity index is 4530. The van der Waals surface area contributed by atoms with Crippen molar-refractivity contribution >= 4 is 106 Å². The van der Waals surface area contributed by atoms with Gasteiger partial charge in [-0.1, -0.05) is 25.7 Å². The Labute approximate surface area is 654 Å². The molecule has 54 heteroatoms. The van der Waals surface area contributed by atoms with Crippen LogP contribution in [-0.2, 0) is 127 Å². The van der Waals surface area contributed by atoms with Crippen LogP contribution in [0.15, 0.2) is 0 Å². The van der Waals surface area contributed by atoms with E-state index < -0.39 is 217 Å². The van der Waals surface area contributed by atoms with E-state index in [0.29, 0.717) is 99.1 Å². The van der Waals surface area contributed by atoms with Crippen LogP contribution in [0.5, 0.6) is 0 Å². The Morgan fingerprint density at radius 3 is 1.46 bits per heavy atom. The summed E-state index contributed by atoms with van der Waals surface area (Å²) in [7, 11) is -39.5. The third kappa shape index (κ3) is 20.3.